The number of hydrogen-bond donors (Lipinski definition) is 0. The molecule has 4 heterocycles. The maximum atomic E-state index is 6.97. The first kappa shape index (κ1) is 53.9. The third-order valence-corrected chi connectivity index (χ3v) is 20.8. The van der Waals surface area contributed by atoms with Gasteiger partial charge in [-0.3, -0.25) is 0 Å². The minimum atomic E-state index is -0.323. The van der Waals surface area contributed by atoms with Crippen LogP contribution in [-0.2, 0) is 32.5 Å². The summed E-state index contributed by atoms with van der Waals surface area (Å²) in [6.07, 6.45) is 0. The Morgan fingerprint density at radius 2 is 0.977 bits per heavy atom. The highest BCUT2D eigenvalue weighted by Crippen LogP contribution is 2.62. The molecule has 0 saturated carbocycles. The lowest BCUT2D eigenvalue weighted by Gasteiger charge is -2.43. The van der Waals surface area contributed by atoms with E-state index in [0.29, 0.717) is 0 Å². The minimum absolute atomic E-state index is 0.0220. The molecule has 430 valence electrons. The minimum Gasteiger partial charge on any atom is -0.456 e. The standard InChI is InChI=1S/C82H78BN3O/c1-77(2,3)47-25-32-51(33-26-47)84(52-34-27-48(28-35-52)78(4,5)6)54-38-39-63-57(42-54)58-43-61-67(45-64(58)81(63,13)14)86(53-36-29-49(30-37-53)79(7,8)9)83-65-46-70-59(55-21-18-20-24-69(55)87-70)44-68(65)85-66-40-31-50(80(10,11)12)41-60(66)73-74-71(72(61)75(83)76(73)85)56-22-17-19-23-62(56)82(74,15)16/h17-46H,1-16H3. The van der Waals surface area contributed by atoms with E-state index in [0.717, 1.165) is 39.0 Å². The molecule has 0 atom stereocenters. The second-order valence-corrected chi connectivity index (χ2v) is 31.0. The summed E-state index contributed by atoms with van der Waals surface area (Å²) < 4.78 is 9.65. The number of furan rings is 1. The molecule has 4 aliphatic rings. The zero-order valence-corrected chi connectivity index (χ0v) is 53.6. The van der Waals surface area contributed by atoms with E-state index in [2.05, 4.69) is 307 Å². The van der Waals surface area contributed by atoms with Crippen molar-refractivity contribution in [1.29, 1.82) is 0 Å². The van der Waals surface area contributed by atoms with Crippen molar-refractivity contribution in [2.75, 3.05) is 9.71 Å². The molecule has 4 nitrogen and oxygen atoms in total. The van der Waals surface area contributed by atoms with E-state index < -0.39 is 0 Å². The Labute approximate surface area is 514 Å². The zero-order valence-electron chi connectivity index (χ0n) is 53.6. The smallest absolute Gasteiger partial charge is 0.333 e. The summed E-state index contributed by atoms with van der Waals surface area (Å²) in [5, 5.41) is 4.96. The molecular formula is C82H78BN3O. The van der Waals surface area contributed by atoms with Crippen LogP contribution in [0, 0.1) is 0 Å². The highest BCUT2D eigenvalue weighted by molar-refractivity contribution is 6.94. The van der Waals surface area contributed by atoms with Crippen LogP contribution in [0.4, 0.5) is 28.4 Å². The van der Waals surface area contributed by atoms with Crippen molar-refractivity contribution in [2.45, 2.75) is 143 Å². The summed E-state index contributed by atoms with van der Waals surface area (Å²) in [6, 6.07) is 71.0. The summed E-state index contributed by atoms with van der Waals surface area (Å²) in [7, 11) is 0. The van der Waals surface area contributed by atoms with E-state index in [1.807, 2.05) is 0 Å². The topological polar surface area (TPSA) is 24.6 Å². The molecule has 0 fully saturated rings. The van der Waals surface area contributed by atoms with Crippen LogP contribution in [-0.4, -0.2) is 11.4 Å². The van der Waals surface area contributed by atoms with Gasteiger partial charge in [-0.1, -0.05) is 202 Å². The van der Waals surface area contributed by atoms with Gasteiger partial charge in [0.05, 0.1) is 11.0 Å². The molecule has 12 aromatic rings. The maximum Gasteiger partial charge on any atom is 0.333 e. The van der Waals surface area contributed by atoms with Crippen molar-refractivity contribution >= 4 is 90.0 Å². The van der Waals surface area contributed by atoms with Crippen molar-refractivity contribution in [3.63, 3.8) is 0 Å². The summed E-state index contributed by atoms with van der Waals surface area (Å²) in [4.78, 5) is 5.21. The van der Waals surface area contributed by atoms with Crippen LogP contribution in [0.3, 0.4) is 0 Å². The predicted molar refractivity (Wildman–Crippen MR) is 372 cm³/mol. The van der Waals surface area contributed by atoms with Gasteiger partial charge in [-0.2, -0.15) is 0 Å². The lowest BCUT2D eigenvalue weighted by atomic mass is 9.43. The highest BCUT2D eigenvalue weighted by Gasteiger charge is 2.51. The van der Waals surface area contributed by atoms with Gasteiger partial charge >= 0.3 is 6.85 Å². The number of hydrogen-bond acceptors (Lipinski definition) is 3. The van der Waals surface area contributed by atoms with Gasteiger partial charge in [-0.25, -0.2) is 0 Å². The van der Waals surface area contributed by atoms with Crippen LogP contribution in [0.15, 0.2) is 186 Å². The zero-order chi connectivity index (χ0) is 60.6. The summed E-state index contributed by atoms with van der Waals surface area (Å²) >= 11 is 0. The van der Waals surface area contributed by atoms with E-state index in [1.165, 1.54) is 128 Å². The van der Waals surface area contributed by atoms with Crippen LogP contribution in [0.2, 0.25) is 0 Å². The molecule has 10 aromatic carbocycles. The van der Waals surface area contributed by atoms with E-state index in [4.69, 9.17) is 4.42 Å². The van der Waals surface area contributed by atoms with Gasteiger partial charge in [0, 0.05) is 72.1 Å². The van der Waals surface area contributed by atoms with E-state index in [9.17, 15) is 0 Å². The van der Waals surface area contributed by atoms with Crippen molar-refractivity contribution in [2.24, 2.45) is 0 Å². The van der Waals surface area contributed by atoms with Crippen LogP contribution in [0.5, 0.6) is 0 Å². The van der Waals surface area contributed by atoms with Crippen LogP contribution >= 0.6 is 0 Å². The predicted octanol–water partition coefficient (Wildman–Crippen LogP) is 21.2. The van der Waals surface area contributed by atoms with Crippen molar-refractivity contribution in [1.82, 2.24) is 4.57 Å². The number of rotatable bonds is 4. The van der Waals surface area contributed by atoms with Gasteiger partial charge in [-0.15, -0.1) is 0 Å². The van der Waals surface area contributed by atoms with Gasteiger partial charge < -0.3 is 18.7 Å². The fourth-order valence-electron chi connectivity index (χ4n) is 16.0. The number of anilines is 5. The van der Waals surface area contributed by atoms with Crippen molar-refractivity contribution in [3.05, 3.63) is 226 Å². The molecule has 2 aliphatic carbocycles. The lowest BCUT2D eigenvalue weighted by molar-refractivity contribution is 0.590. The van der Waals surface area contributed by atoms with Crippen molar-refractivity contribution in [3.8, 4) is 39.1 Å². The normalized spacial score (nSPS) is 15.3. The molecule has 0 bridgehead atoms. The van der Waals surface area contributed by atoms with Gasteiger partial charge in [0.1, 0.15) is 11.2 Å². The van der Waals surface area contributed by atoms with Crippen LogP contribution in [0.1, 0.15) is 155 Å². The molecule has 0 amide bonds. The summed E-state index contributed by atoms with van der Waals surface area (Å²) in [5.74, 6) is 0. The van der Waals surface area contributed by atoms with Gasteiger partial charge in [0.15, 0.2) is 0 Å². The second kappa shape index (κ2) is 17.6. The molecule has 5 heteroatoms. The largest absolute Gasteiger partial charge is 0.456 e. The number of fused-ring (bicyclic) bond motifs is 19. The number of aromatic nitrogens is 1. The first-order chi connectivity index (χ1) is 41.2. The van der Waals surface area contributed by atoms with E-state index >= 15 is 0 Å². The Kier molecular flexibility index (Phi) is 10.9. The summed E-state index contributed by atoms with van der Waals surface area (Å²) in [6.45, 7) is 37.5. The fraction of sp³-hybridized carbons (Fsp3) is 0.268. The SMILES string of the molecule is CC(C)(C)c1ccc(N2B3c4cc5oc6ccccc6c5cc4-n4c5ccc(C(C)(C)C)cc5c5c6c(c(c3c54)-c3cc4c(cc32)C(C)(C)c2ccc(N(c3ccc(C(C)(C)C)cc3)c3ccc(C(C)(C)C)cc3)cc2-4)-c2ccccc2C6(C)C)cc1. The average molecular weight is 1130 g/mol. The lowest BCUT2D eigenvalue weighted by Crippen LogP contribution is -2.60. The Bertz CT molecular complexity index is 4880. The summed E-state index contributed by atoms with van der Waals surface area (Å²) in [5.41, 5.74) is 32.0. The molecule has 0 N–H and O–H groups in total. The molecule has 0 saturated heterocycles. The third-order valence-electron chi connectivity index (χ3n) is 20.8. The van der Waals surface area contributed by atoms with Crippen molar-refractivity contribution < 1.29 is 4.42 Å². The molecule has 2 aromatic heterocycles. The molecule has 0 unspecified atom stereocenters. The average Bonchev–Trinajstić information content (AvgIpc) is 1.55. The molecular weight excluding hydrogens is 1050 g/mol. The molecule has 0 radical (unpaired) electrons. The van der Waals surface area contributed by atoms with E-state index in [-0.39, 0.29) is 39.3 Å². The molecule has 0 spiro atoms. The maximum absolute atomic E-state index is 6.97. The first-order valence-corrected chi connectivity index (χ1v) is 31.7. The Morgan fingerprint density at radius 1 is 0.414 bits per heavy atom. The second-order valence-electron chi connectivity index (χ2n) is 31.0. The fourth-order valence-corrected chi connectivity index (χ4v) is 16.0. The van der Waals surface area contributed by atoms with Crippen LogP contribution < -0.4 is 20.6 Å². The van der Waals surface area contributed by atoms with Gasteiger partial charge in [-0.05, 0) is 196 Å². The Morgan fingerprint density at radius 3 is 1.62 bits per heavy atom. The quantitative estimate of drug-likeness (QED) is 0.164. The third kappa shape index (κ3) is 7.57. The number of benzene rings is 10. The number of para-hydroxylation sites is 1. The monoisotopic (exact) mass is 1130 g/mol. The Balaban J connectivity index is 1.04. The molecule has 16 rings (SSSR count). The number of nitrogens with zero attached hydrogens (tertiary/aromatic N) is 3. The molecule has 2 aliphatic heterocycles. The highest BCUT2D eigenvalue weighted by atomic mass is 16.3. The van der Waals surface area contributed by atoms with Gasteiger partial charge in [0.25, 0.3) is 0 Å². The van der Waals surface area contributed by atoms with Crippen LogP contribution in [0.25, 0.3) is 82.8 Å². The Hall–Kier alpha value is -8.54. The van der Waals surface area contributed by atoms with E-state index in [1.54, 1.807) is 0 Å². The van der Waals surface area contributed by atoms with Gasteiger partial charge in [0.2, 0.25) is 0 Å². The molecule has 87 heavy (non-hydrogen) atoms. The first-order valence-electron chi connectivity index (χ1n) is 31.7.